The van der Waals surface area contributed by atoms with Gasteiger partial charge in [-0.1, -0.05) is 0 Å². The Morgan fingerprint density at radius 1 is 1.47 bits per heavy atom. The summed E-state index contributed by atoms with van der Waals surface area (Å²) in [6.07, 6.45) is 4.93. The number of aryl methyl sites for hydroxylation is 1. The highest BCUT2D eigenvalue weighted by molar-refractivity contribution is 5.09. The minimum absolute atomic E-state index is 0.596. The summed E-state index contributed by atoms with van der Waals surface area (Å²) in [6.45, 7) is 6.98. The number of hydrogen-bond donors (Lipinski definition) is 2. The predicted molar refractivity (Wildman–Crippen MR) is 68.9 cm³/mol. The van der Waals surface area contributed by atoms with Crippen LogP contribution in [0.5, 0.6) is 0 Å². The van der Waals surface area contributed by atoms with Crippen LogP contribution in [0.25, 0.3) is 0 Å². The Labute approximate surface area is 104 Å². The number of nitrogens with one attached hydrogen (secondary N) is 1. The highest BCUT2D eigenvalue weighted by Gasteiger charge is 2.11. The minimum Gasteiger partial charge on any atom is -0.390 e. The Morgan fingerprint density at radius 3 is 2.88 bits per heavy atom. The van der Waals surface area contributed by atoms with Crippen LogP contribution in [0.2, 0.25) is 0 Å². The highest BCUT2D eigenvalue weighted by atomic mass is 16.5. The molecular weight excluding hydrogens is 216 g/mol. The number of ether oxygens (including phenoxy) is 1. The first-order valence-corrected chi connectivity index (χ1v) is 6.08. The quantitative estimate of drug-likeness (QED) is 0.675. The molecule has 17 heavy (non-hydrogen) atoms. The average Bonchev–Trinajstić information content (AvgIpc) is 2.69. The molecule has 0 fully saturated rings. The van der Waals surface area contributed by atoms with Crippen molar-refractivity contribution >= 4 is 0 Å². The molecule has 0 saturated heterocycles. The molecule has 98 valence electrons. The van der Waals surface area contributed by atoms with Crippen molar-refractivity contribution in [2.75, 3.05) is 20.3 Å². The van der Waals surface area contributed by atoms with Gasteiger partial charge in [0.2, 0.25) is 0 Å². The first-order chi connectivity index (χ1) is 8.01. The Balaban J connectivity index is 2.28. The normalized spacial score (nSPS) is 12.0. The molecule has 0 bridgehead atoms. The van der Waals surface area contributed by atoms with E-state index in [9.17, 15) is 5.11 Å². The van der Waals surface area contributed by atoms with Crippen molar-refractivity contribution in [2.45, 2.75) is 39.0 Å². The zero-order valence-corrected chi connectivity index (χ0v) is 11.1. The Bertz CT molecular complexity index is 315. The summed E-state index contributed by atoms with van der Waals surface area (Å²) < 4.78 is 7.08. The standard InChI is InChI=1S/C13H24N2O2/c1-13(2,16)5-8-15-7-4-12(11-15)10-14-6-9-17-3/h4,7,11,14,16H,5-6,8-10H2,1-3H3. The van der Waals surface area contributed by atoms with Crippen molar-refractivity contribution in [2.24, 2.45) is 0 Å². The summed E-state index contributed by atoms with van der Waals surface area (Å²) in [5, 5.41) is 12.9. The minimum atomic E-state index is -0.596. The van der Waals surface area contributed by atoms with Crippen LogP contribution in [0.1, 0.15) is 25.8 Å². The molecule has 0 aliphatic heterocycles. The fraction of sp³-hybridized carbons (Fsp3) is 0.692. The molecule has 1 heterocycles. The Morgan fingerprint density at radius 2 is 2.24 bits per heavy atom. The van der Waals surface area contributed by atoms with E-state index in [2.05, 4.69) is 28.3 Å². The maximum Gasteiger partial charge on any atom is 0.0608 e. The van der Waals surface area contributed by atoms with E-state index in [-0.39, 0.29) is 0 Å². The zero-order valence-electron chi connectivity index (χ0n) is 11.1. The molecule has 0 aliphatic carbocycles. The summed E-state index contributed by atoms with van der Waals surface area (Å²) in [5.74, 6) is 0. The number of aliphatic hydroxyl groups is 1. The molecule has 0 spiro atoms. The molecule has 4 nitrogen and oxygen atoms in total. The lowest BCUT2D eigenvalue weighted by Crippen LogP contribution is -2.20. The van der Waals surface area contributed by atoms with Gasteiger partial charge in [-0.2, -0.15) is 0 Å². The second-order valence-electron chi connectivity index (χ2n) is 4.99. The predicted octanol–water partition coefficient (Wildman–Crippen LogP) is 1.39. The lowest BCUT2D eigenvalue weighted by molar-refractivity contribution is 0.0662. The second-order valence-corrected chi connectivity index (χ2v) is 4.99. The molecule has 4 heteroatoms. The van der Waals surface area contributed by atoms with Crippen molar-refractivity contribution in [3.05, 3.63) is 24.0 Å². The summed E-state index contributed by atoms with van der Waals surface area (Å²) >= 11 is 0. The van der Waals surface area contributed by atoms with Crippen LogP contribution in [0.3, 0.4) is 0 Å². The van der Waals surface area contributed by atoms with Gasteiger partial charge in [0, 0.05) is 39.1 Å². The van der Waals surface area contributed by atoms with E-state index in [0.29, 0.717) is 0 Å². The smallest absolute Gasteiger partial charge is 0.0608 e. The van der Waals surface area contributed by atoms with Crippen LogP contribution in [0.4, 0.5) is 0 Å². The Hall–Kier alpha value is -0.840. The summed E-state index contributed by atoms with van der Waals surface area (Å²) in [6, 6.07) is 2.10. The van der Waals surface area contributed by atoms with Crippen LogP contribution in [0, 0.1) is 0 Å². The van der Waals surface area contributed by atoms with Gasteiger partial charge in [-0.05, 0) is 31.9 Å². The lowest BCUT2D eigenvalue weighted by Gasteiger charge is -2.16. The number of hydrogen-bond acceptors (Lipinski definition) is 3. The van der Waals surface area contributed by atoms with Crippen LogP contribution >= 0.6 is 0 Å². The number of nitrogens with zero attached hydrogens (tertiary/aromatic N) is 1. The van der Waals surface area contributed by atoms with E-state index in [0.717, 1.165) is 32.7 Å². The van der Waals surface area contributed by atoms with Gasteiger partial charge in [-0.15, -0.1) is 0 Å². The van der Waals surface area contributed by atoms with Crippen LogP contribution in [-0.2, 0) is 17.8 Å². The fourth-order valence-corrected chi connectivity index (χ4v) is 1.54. The highest BCUT2D eigenvalue weighted by Crippen LogP contribution is 2.10. The largest absolute Gasteiger partial charge is 0.390 e. The lowest BCUT2D eigenvalue weighted by atomic mass is 10.1. The van der Waals surface area contributed by atoms with Gasteiger partial charge in [0.05, 0.1) is 12.2 Å². The summed E-state index contributed by atoms with van der Waals surface area (Å²) in [4.78, 5) is 0. The molecule has 0 amide bonds. The van der Waals surface area contributed by atoms with Crippen molar-refractivity contribution in [3.8, 4) is 0 Å². The monoisotopic (exact) mass is 240 g/mol. The molecule has 1 rings (SSSR count). The van der Waals surface area contributed by atoms with E-state index in [1.165, 1.54) is 5.56 Å². The van der Waals surface area contributed by atoms with Gasteiger partial charge in [0.1, 0.15) is 0 Å². The van der Waals surface area contributed by atoms with Crippen molar-refractivity contribution in [1.82, 2.24) is 9.88 Å². The van der Waals surface area contributed by atoms with Gasteiger partial charge in [-0.25, -0.2) is 0 Å². The van der Waals surface area contributed by atoms with Crippen molar-refractivity contribution < 1.29 is 9.84 Å². The van der Waals surface area contributed by atoms with Crippen molar-refractivity contribution in [1.29, 1.82) is 0 Å². The third-order valence-corrected chi connectivity index (χ3v) is 2.61. The molecule has 0 aliphatic rings. The SMILES string of the molecule is COCCNCc1ccn(CCC(C)(C)O)c1. The second kappa shape index (κ2) is 6.79. The zero-order chi connectivity index (χ0) is 12.7. The van der Waals surface area contributed by atoms with Crippen LogP contribution in [-0.4, -0.2) is 35.5 Å². The molecule has 0 aromatic carbocycles. The average molecular weight is 240 g/mol. The molecule has 0 radical (unpaired) electrons. The van der Waals surface area contributed by atoms with E-state index < -0.39 is 5.60 Å². The van der Waals surface area contributed by atoms with E-state index >= 15 is 0 Å². The molecule has 1 aromatic rings. The van der Waals surface area contributed by atoms with Gasteiger partial charge in [-0.3, -0.25) is 0 Å². The first-order valence-electron chi connectivity index (χ1n) is 6.08. The molecule has 1 aromatic heterocycles. The third kappa shape index (κ3) is 6.46. The number of rotatable bonds is 8. The van der Waals surface area contributed by atoms with Gasteiger partial charge < -0.3 is 19.7 Å². The number of methoxy groups -OCH3 is 1. The molecule has 2 N–H and O–H groups in total. The van der Waals surface area contributed by atoms with Gasteiger partial charge in [0.25, 0.3) is 0 Å². The molecule has 0 saturated carbocycles. The number of aromatic nitrogens is 1. The third-order valence-electron chi connectivity index (χ3n) is 2.61. The summed E-state index contributed by atoms with van der Waals surface area (Å²) in [5.41, 5.74) is 0.665. The van der Waals surface area contributed by atoms with Crippen molar-refractivity contribution in [3.63, 3.8) is 0 Å². The first kappa shape index (κ1) is 14.2. The topological polar surface area (TPSA) is 46.4 Å². The van der Waals surface area contributed by atoms with Crippen LogP contribution in [0.15, 0.2) is 18.5 Å². The molecule has 0 unspecified atom stereocenters. The van der Waals surface area contributed by atoms with Gasteiger partial charge >= 0.3 is 0 Å². The van der Waals surface area contributed by atoms with Gasteiger partial charge in [0.15, 0.2) is 0 Å². The van der Waals surface area contributed by atoms with E-state index in [1.54, 1.807) is 7.11 Å². The molecular formula is C13H24N2O2. The van der Waals surface area contributed by atoms with E-state index in [1.807, 2.05) is 13.8 Å². The molecule has 0 atom stereocenters. The summed E-state index contributed by atoms with van der Waals surface area (Å²) in [7, 11) is 1.70. The maximum absolute atomic E-state index is 9.65. The maximum atomic E-state index is 9.65. The fourth-order valence-electron chi connectivity index (χ4n) is 1.54. The Kier molecular flexibility index (Phi) is 5.68. The van der Waals surface area contributed by atoms with E-state index in [4.69, 9.17) is 4.74 Å². The van der Waals surface area contributed by atoms with Crippen LogP contribution < -0.4 is 5.32 Å².